The maximum absolute atomic E-state index is 13.5. The fourth-order valence-electron chi connectivity index (χ4n) is 4.17. The molecule has 5 rings (SSSR count). The van der Waals surface area contributed by atoms with Gasteiger partial charge in [-0.25, -0.2) is 9.97 Å². The first kappa shape index (κ1) is 24.9. The quantitative estimate of drug-likeness (QED) is 0.198. The van der Waals surface area contributed by atoms with E-state index in [1.165, 1.54) is 16.2 Å². The fraction of sp³-hybridized carbons (Fsp3) is 0.222. The molecule has 0 atom stereocenters. The number of pyridine rings is 1. The highest BCUT2D eigenvalue weighted by atomic mass is 32.2. The Hall–Kier alpha value is -3.76. The molecule has 37 heavy (non-hydrogen) atoms. The molecule has 1 N–H and O–H groups in total. The molecule has 1 aromatic carbocycles. The molecular weight excluding hydrogens is 504 g/mol. The zero-order valence-corrected chi connectivity index (χ0v) is 22.0. The Morgan fingerprint density at radius 2 is 1.92 bits per heavy atom. The fourth-order valence-corrected chi connectivity index (χ4v) is 5.46. The molecule has 0 unspecified atom stereocenters. The van der Waals surface area contributed by atoms with Crippen LogP contribution < -0.4 is 10.9 Å². The van der Waals surface area contributed by atoms with Gasteiger partial charge in [-0.3, -0.25) is 18.9 Å². The molecule has 1 amide bonds. The topological polar surface area (TPSA) is 84.5 Å². The van der Waals surface area contributed by atoms with Crippen molar-refractivity contribution in [1.29, 1.82) is 0 Å². The molecule has 0 spiro atoms. The van der Waals surface area contributed by atoms with E-state index in [0.717, 1.165) is 24.1 Å². The van der Waals surface area contributed by atoms with Crippen LogP contribution in [0.1, 0.15) is 23.1 Å². The number of anilines is 1. The number of nitrogens with zero attached hydrogens (tertiary/aromatic N) is 5. The summed E-state index contributed by atoms with van der Waals surface area (Å²) in [7, 11) is 0. The number of thiocarbonyl (C=S) groups is 1. The highest BCUT2D eigenvalue weighted by Gasteiger charge is 2.32. The van der Waals surface area contributed by atoms with Crippen molar-refractivity contribution in [2.75, 3.05) is 18.4 Å². The SMILES string of the molecule is Cc1cccn2c(=O)c(C=C3SC(=S)N(CCc4ccccc4)C3=O)c(NCCCn3ccnc3)nc12. The number of aryl methyl sites for hydroxylation is 2. The molecule has 0 bridgehead atoms. The molecule has 4 aromatic rings. The molecule has 1 aliphatic heterocycles. The van der Waals surface area contributed by atoms with Crippen LogP contribution in [0.2, 0.25) is 0 Å². The van der Waals surface area contributed by atoms with Crippen LogP contribution in [0.5, 0.6) is 0 Å². The third-order valence-corrected chi connectivity index (χ3v) is 7.52. The molecular formula is C27H26N6O2S2. The standard InChI is InChI=1S/C27H26N6O2S2/c1-19-7-5-14-32-24(19)30-23(29-11-6-13-31-16-12-28-18-31)21(25(32)34)17-22-26(35)33(27(36)37-22)15-10-20-8-3-2-4-9-20/h2-5,7-9,12,14,16-18,29H,6,10-11,13,15H2,1H3. The Kier molecular flexibility index (Phi) is 7.47. The Bertz CT molecular complexity index is 1530. The van der Waals surface area contributed by atoms with E-state index in [0.29, 0.717) is 45.8 Å². The van der Waals surface area contributed by atoms with Gasteiger partial charge in [0, 0.05) is 38.2 Å². The highest BCUT2D eigenvalue weighted by Crippen LogP contribution is 2.33. The normalized spacial score (nSPS) is 14.7. The zero-order valence-electron chi connectivity index (χ0n) is 20.3. The predicted molar refractivity (Wildman–Crippen MR) is 152 cm³/mol. The van der Waals surface area contributed by atoms with Gasteiger partial charge in [0.1, 0.15) is 15.8 Å². The lowest BCUT2D eigenvalue weighted by molar-refractivity contribution is -0.122. The van der Waals surface area contributed by atoms with Crippen LogP contribution in [-0.4, -0.2) is 47.2 Å². The van der Waals surface area contributed by atoms with Crippen LogP contribution in [0.3, 0.4) is 0 Å². The lowest BCUT2D eigenvalue weighted by Crippen LogP contribution is -2.30. The molecule has 1 fully saturated rings. The minimum atomic E-state index is -0.236. The first-order valence-electron chi connectivity index (χ1n) is 12.0. The maximum Gasteiger partial charge on any atom is 0.267 e. The predicted octanol–water partition coefficient (Wildman–Crippen LogP) is 4.15. The summed E-state index contributed by atoms with van der Waals surface area (Å²) in [5, 5.41) is 3.32. The number of hydrogen-bond acceptors (Lipinski definition) is 7. The number of rotatable bonds is 9. The van der Waals surface area contributed by atoms with E-state index in [4.69, 9.17) is 17.2 Å². The van der Waals surface area contributed by atoms with E-state index in [2.05, 4.69) is 10.3 Å². The van der Waals surface area contributed by atoms with Crippen LogP contribution in [0.15, 0.2) is 77.1 Å². The van der Waals surface area contributed by atoms with Gasteiger partial charge in [-0.1, -0.05) is 60.4 Å². The van der Waals surface area contributed by atoms with Crippen molar-refractivity contribution in [3.63, 3.8) is 0 Å². The second kappa shape index (κ2) is 11.1. The van der Waals surface area contributed by atoms with Crippen molar-refractivity contribution >= 4 is 51.7 Å². The Labute approximate surface area is 224 Å². The van der Waals surface area contributed by atoms with Gasteiger partial charge in [0.05, 0.1) is 16.8 Å². The van der Waals surface area contributed by atoms with Crippen molar-refractivity contribution in [1.82, 2.24) is 23.8 Å². The van der Waals surface area contributed by atoms with Gasteiger partial charge >= 0.3 is 0 Å². The monoisotopic (exact) mass is 530 g/mol. The number of carbonyl (C=O) groups is 1. The molecule has 4 heterocycles. The number of hydrogen-bond donors (Lipinski definition) is 1. The number of carbonyl (C=O) groups excluding carboxylic acids is 1. The molecule has 3 aromatic heterocycles. The molecule has 0 aliphatic carbocycles. The van der Waals surface area contributed by atoms with Crippen molar-refractivity contribution in [3.8, 4) is 0 Å². The zero-order chi connectivity index (χ0) is 25.8. The van der Waals surface area contributed by atoms with E-state index in [1.54, 1.807) is 29.7 Å². The molecule has 188 valence electrons. The number of amides is 1. The smallest absolute Gasteiger partial charge is 0.267 e. The van der Waals surface area contributed by atoms with Crippen molar-refractivity contribution in [3.05, 3.63) is 99.3 Å². The summed E-state index contributed by atoms with van der Waals surface area (Å²) in [6.07, 6.45) is 10.3. The summed E-state index contributed by atoms with van der Waals surface area (Å²) in [6.45, 7) is 3.79. The maximum atomic E-state index is 13.5. The Morgan fingerprint density at radius 1 is 1.08 bits per heavy atom. The number of benzene rings is 1. The third kappa shape index (κ3) is 5.50. The van der Waals surface area contributed by atoms with Gasteiger partial charge < -0.3 is 9.88 Å². The van der Waals surface area contributed by atoms with E-state index < -0.39 is 0 Å². The van der Waals surface area contributed by atoms with Crippen LogP contribution >= 0.6 is 24.0 Å². The number of fused-ring (bicyclic) bond motifs is 1. The van der Waals surface area contributed by atoms with Crippen LogP contribution in [0, 0.1) is 6.92 Å². The Balaban J connectivity index is 1.42. The average Bonchev–Trinajstić information content (AvgIpc) is 3.51. The van der Waals surface area contributed by atoms with Crippen LogP contribution in [0.25, 0.3) is 11.7 Å². The van der Waals surface area contributed by atoms with Gasteiger partial charge in [0.15, 0.2) is 0 Å². The van der Waals surface area contributed by atoms with Crippen molar-refractivity contribution in [2.24, 2.45) is 0 Å². The molecule has 8 nitrogen and oxygen atoms in total. The number of nitrogens with one attached hydrogen (secondary N) is 1. The summed E-state index contributed by atoms with van der Waals surface area (Å²) in [6, 6.07) is 13.7. The summed E-state index contributed by atoms with van der Waals surface area (Å²) in [5.41, 5.74) is 2.71. The van der Waals surface area contributed by atoms with Crippen molar-refractivity contribution in [2.45, 2.75) is 26.3 Å². The van der Waals surface area contributed by atoms with E-state index in [1.807, 2.05) is 60.2 Å². The lowest BCUT2D eigenvalue weighted by Gasteiger charge is -2.14. The summed E-state index contributed by atoms with van der Waals surface area (Å²) >= 11 is 6.74. The molecule has 10 heteroatoms. The number of aromatic nitrogens is 4. The molecule has 1 aliphatic rings. The van der Waals surface area contributed by atoms with E-state index in [-0.39, 0.29) is 11.5 Å². The van der Waals surface area contributed by atoms with Gasteiger partial charge in [-0.2, -0.15) is 0 Å². The largest absolute Gasteiger partial charge is 0.369 e. The lowest BCUT2D eigenvalue weighted by atomic mass is 10.1. The van der Waals surface area contributed by atoms with Gasteiger partial charge in [0.25, 0.3) is 11.5 Å². The summed E-state index contributed by atoms with van der Waals surface area (Å²) in [4.78, 5) is 37.7. The minimum Gasteiger partial charge on any atom is -0.369 e. The highest BCUT2D eigenvalue weighted by molar-refractivity contribution is 8.26. The van der Waals surface area contributed by atoms with Crippen molar-refractivity contribution < 1.29 is 4.79 Å². The Morgan fingerprint density at radius 3 is 2.70 bits per heavy atom. The summed E-state index contributed by atoms with van der Waals surface area (Å²) < 4.78 is 4.01. The molecule has 0 radical (unpaired) electrons. The van der Waals surface area contributed by atoms with E-state index >= 15 is 0 Å². The average molecular weight is 531 g/mol. The minimum absolute atomic E-state index is 0.189. The van der Waals surface area contributed by atoms with Gasteiger partial charge in [-0.05, 0) is 43.0 Å². The van der Waals surface area contributed by atoms with Crippen LogP contribution in [-0.2, 0) is 17.8 Å². The third-order valence-electron chi connectivity index (χ3n) is 6.14. The van der Waals surface area contributed by atoms with E-state index in [9.17, 15) is 9.59 Å². The summed E-state index contributed by atoms with van der Waals surface area (Å²) in [5.74, 6) is 0.269. The molecule has 0 saturated carbocycles. The number of thioether (sulfide) groups is 1. The second-order valence-electron chi connectivity index (χ2n) is 8.71. The number of imidazole rings is 1. The van der Waals surface area contributed by atoms with Crippen LogP contribution in [0.4, 0.5) is 5.82 Å². The first-order valence-corrected chi connectivity index (χ1v) is 13.2. The second-order valence-corrected chi connectivity index (χ2v) is 10.4. The first-order chi connectivity index (χ1) is 18.0. The van der Waals surface area contributed by atoms with Gasteiger partial charge in [-0.15, -0.1) is 0 Å². The van der Waals surface area contributed by atoms with Gasteiger partial charge in [0.2, 0.25) is 0 Å². The molecule has 1 saturated heterocycles.